The van der Waals surface area contributed by atoms with E-state index in [0.717, 1.165) is 20.7 Å². The van der Waals surface area contributed by atoms with Gasteiger partial charge in [0.15, 0.2) is 8.68 Å². The Balaban J connectivity index is 2.11. The molecule has 0 unspecified atom stereocenters. The van der Waals surface area contributed by atoms with Gasteiger partial charge in [-0.3, -0.25) is 0 Å². The van der Waals surface area contributed by atoms with E-state index in [0.29, 0.717) is 10.3 Å². The maximum atomic E-state index is 10.7. The molecule has 0 radical (unpaired) electrons. The van der Waals surface area contributed by atoms with Crippen LogP contribution in [0.15, 0.2) is 14.9 Å². The SMILES string of the molecule is CC(C)c1nnc(Sc2ncc(C(=O)O)s2)s1. The molecular weight excluding hydrogens is 278 g/mol. The van der Waals surface area contributed by atoms with E-state index in [-0.39, 0.29) is 4.88 Å². The molecule has 0 saturated carbocycles. The number of hydrogen-bond acceptors (Lipinski definition) is 7. The van der Waals surface area contributed by atoms with Gasteiger partial charge in [0.05, 0.1) is 6.20 Å². The van der Waals surface area contributed by atoms with Crippen molar-refractivity contribution in [2.24, 2.45) is 0 Å². The van der Waals surface area contributed by atoms with E-state index in [9.17, 15) is 4.79 Å². The molecule has 1 N–H and O–H groups in total. The van der Waals surface area contributed by atoms with Crippen LogP contribution in [0.25, 0.3) is 0 Å². The van der Waals surface area contributed by atoms with E-state index in [2.05, 4.69) is 29.0 Å². The normalized spacial score (nSPS) is 11.0. The third-order valence-corrected chi connectivity index (χ3v) is 5.12. The second-order valence-corrected chi connectivity index (χ2v) is 6.99. The Bertz CT molecular complexity index is 535. The van der Waals surface area contributed by atoms with Crippen molar-refractivity contribution in [3.63, 3.8) is 0 Å². The minimum Gasteiger partial charge on any atom is -0.477 e. The number of carboxylic acid groups (broad SMARTS) is 1. The highest BCUT2D eigenvalue weighted by molar-refractivity contribution is 8.02. The molecule has 2 aromatic rings. The van der Waals surface area contributed by atoms with Crippen LogP contribution in [0, 0.1) is 0 Å². The van der Waals surface area contributed by atoms with Gasteiger partial charge in [-0.2, -0.15) is 0 Å². The minimum atomic E-state index is -0.950. The lowest BCUT2D eigenvalue weighted by molar-refractivity contribution is 0.0702. The summed E-state index contributed by atoms with van der Waals surface area (Å²) in [4.78, 5) is 15.0. The Hall–Kier alpha value is -0.990. The second kappa shape index (κ2) is 5.11. The van der Waals surface area contributed by atoms with Gasteiger partial charge in [0.2, 0.25) is 0 Å². The summed E-state index contributed by atoms with van der Waals surface area (Å²) in [5.74, 6) is -0.595. The first kappa shape index (κ1) is 12.5. The Labute approximate surface area is 110 Å². The molecule has 5 nitrogen and oxygen atoms in total. The number of aromatic nitrogens is 3. The zero-order valence-electron chi connectivity index (χ0n) is 9.08. The average molecular weight is 287 g/mol. The third-order valence-electron chi connectivity index (χ3n) is 1.79. The molecule has 0 atom stereocenters. The van der Waals surface area contributed by atoms with Crippen molar-refractivity contribution in [2.45, 2.75) is 28.4 Å². The number of carboxylic acids is 1. The Morgan fingerprint density at radius 3 is 2.65 bits per heavy atom. The van der Waals surface area contributed by atoms with E-state index in [1.807, 2.05) is 0 Å². The van der Waals surface area contributed by atoms with Gasteiger partial charge in [0, 0.05) is 5.92 Å². The fraction of sp³-hybridized carbons (Fsp3) is 0.333. The smallest absolute Gasteiger partial charge is 0.347 e. The standard InChI is InChI=1S/C9H9N3O2S3/c1-4(2)6-11-12-9(16-6)17-8-10-3-5(15-8)7(13)14/h3-4H,1-2H3,(H,13,14). The maximum Gasteiger partial charge on any atom is 0.347 e. The number of thiazole rings is 1. The zero-order chi connectivity index (χ0) is 12.4. The van der Waals surface area contributed by atoms with Crippen molar-refractivity contribution in [2.75, 3.05) is 0 Å². The van der Waals surface area contributed by atoms with Crippen molar-refractivity contribution in [3.05, 3.63) is 16.1 Å². The van der Waals surface area contributed by atoms with Gasteiger partial charge in [0.1, 0.15) is 9.88 Å². The predicted octanol–water partition coefficient (Wildman–Crippen LogP) is 2.97. The highest BCUT2D eigenvalue weighted by Gasteiger charge is 2.13. The number of carbonyl (C=O) groups is 1. The lowest BCUT2D eigenvalue weighted by Crippen LogP contribution is -1.89. The fourth-order valence-corrected chi connectivity index (χ4v) is 3.87. The quantitative estimate of drug-likeness (QED) is 0.931. The maximum absolute atomic E-state index is 10.7. The van der Waals surface area contributed by atoms with E-state index >= 15 is 0 Å². The van der Waals surface area contributed by atoms with Gasteiger partial charge < -0.3 is 5.11 Å². The molecule has 0 bridgehead atoms. The molecule has 8 heteroatoms. The van der Waals surface area contributed by atoms with Gasteiger partial charge >= 0.3 is 5.97 Å². The van der Waals surface area contributed by atoms with Crippen LogP contribution in [0.1, 0.15) is 34.4 Å². The summed E-state index contributed by atoms with van der Waals surface area (Å²) in [7, 11) is 0. The molecular formula is C9H9N3O2S3. The molecule has 90 valence electrons. The summed E-state index contributed by atoms with van der Waals surface area (Å²) in [5.41, 5.74) is 0. The molecule has 0 fully saturated rings. The fourth-order valence-electron chi connectivity index (χ4n) is 0.974. The summed E-state index contributed by atoms with van der Waals surface area (Å²) >= 11 is 4.01. The van der Waals surface area contributed by atoms with Crippen LogP contribution in [0.3, 0.4) is 0 Å². The molecule has 0 amide bonds. The summed E-state index contributed by atoms with van der Waals surface area (Å²) in [6.45, 7) is 4.11. The van der Waals surface area contributed by atoms with Gasteiger partial charge in [-0.15, -0.1) is 21.5 Å². The molecule has 0 aliphatic carbocycles. The van der Waals surface area contributed by atoms with E-state index in [1.165, 1.54) is 29.3 Å². The van der Waals surface area contributed by atoms with Crippen molar-refractivity contribution in [3.8, 4) is 0 Å². The van der Waals surface area contributed by atoms with Crippen LogP contribution >= 0.6 is 34.4 Å². The number of hydrogen-bond donors (Lipinski definition) is 1. The van der Waals surface area contributed by atoms with Crippen LogP contribution < -0.4 is 0 Å². The molecule has 2 aromatic heterocycles. The molecule has 0 spiro atoms. The zero-order valence-corrected chi connectivity index (χ0v) is 11.5. The molecule has 0 aromatic carbocycles. The van der Waals surface area contributed by atoms with Crippen LogP contribution in [0.4, 0.5) is 0 Å². The van der Waals surface area contributed by atoms with Crippen LogP contribution in [0.5, 0.6) is 0 Å². The van der Waals surface area contributed by atoms with Crippen molar-refractivity contribution >= 4 is 40.4 Å². The highest BCUT2D eigenvalue weighted by Crippen LogP contribution is 2.34. The summed E-state index contributed by atoms with van der Waals surface area (Å²) in [6, 6.07) is 0. The molecule has 2 rings (SSSR count). The van der Waals surface area contributed by atoms with Crippen molar-refractivity contribution in [1.82, 2.24) is 15.2 Å². The Kier molecular flexibility index (Phi) is 3.75. The Morgan fingerprint density at radius 2 is 2.12 bits per heavy atom. The first-order valence-electron chi connectivity index (χ1n) is 4.76. The molecule has 0 aliphatic heterocycles. The molecule has 0 saturated heterocycles. The third kappa shape index (κ3) is 3.02. The van der Waals surface area contributed by atoms with Crippen molar-refractivity contribution < 1.29 is 9.90 Å². The summed E-state index contributed by atoms with van der Waals surface area (Å²) in [5, 5.41) is 17.9. The second-order valence-electron chi connectivity index (χ2n) is 3.46. The molecule has 2 heterocycles. The van der Waals surface area contributed by atoms with E-state index in [4.69, 9.17) is 5.11 Å². The lowest BCUT2D eigenvalue weighted by Gasteiger charge is -1.93. The number of nitrogens with zero attached hydrogens (tertiary/aromatic N) is 3. The Morgan fingerprint density at radius 1 is 1.35 bits per heavy atom. The predicted molar refractivity (Wildman–Crippen MR) is 67.2 cm³/mol. The molecule has 17 heavy (non-hydrogen) atoms. The summed E-state index contributed by atoms with van der Waals surface area (Å²) in [6.07, 6.45) is 1.36. The minimum absolute atomic E-state index is 0.237. The first-order valence-corrected chi connectivity index (χ1v) is 7.21. The van der Waals surface area contributed by atoms with Gasteiger partial charge in [-0.05, 0) is 11.8 Å². The largest absolute Gasteiger partial charge is 0.477 e. The van der Waals surface area contributed by atoms with Gasteiger partial charge in [0.25, 0.3) is 0 Å². The number of aromatic carboxylic acids is 1. The average Bonchev–Trinajstić information content (AvgIpc) is 2.87. The highest BCUT2D eigenvalue weighted by atomic mass is 32.2. The number of rotatable bonds is 4. The monoisotopic (exact) mass is 287 g/mol. The van der Waals surface area contributed by atoms with Crippen LogP contribution in [0.2, 0.25) is 0 Å². The van der Waals surface area contributed by atoms with Gasteiger partial charge in [-0.25, -0.2) is 9.78 Å². The van der Waals surface area contributed by atoms with Crippen LogP contribution in [-0.4, -0.2) is 26.3 Å². The lowest BCUT2D eigenvalue weighted by atomic mass is 10.2. The van der Waals surface area contributed by atoms with Crippen molar-refractivity contribution in [1.29, 1.82) is 0 Å². The van der Waals surface area contributed by atoms with E-state index in [1.54, 1.807) is 0 Å². The first-order chi connectivity index (χ1) is 8.06. The van der Waals surface area contributed by atoms with Crippen LogP contribution in [-0.2, 0) is 0 Å². The van der Waals surface area contributed by atoms with Gasteiger partial charge in [-0.1, -0.05) is 25.2 Å². The van der Waals surface area contributed by atoms with E-state index < -0.39 is 5.97 Å². The molecule has 0 aliphatic rings. The summed E-state index contributed by atoms with van der Waals surface area (Å²) < 4.78 is 1.47. The topological polar surface area (TPSA) is 76.0 Å².